The lowest BCUT2D eigenvalue weighted by Gasteiger charge is -2.23. The molecule has 0 unspecified atom stereocenters. The van der Waals surface area contributed by atoms with E-state index in [0.29, 0.717) is 11.3 Å². The zero-order chi connectivity index (χ0) is 20.8. The third kappa shape index (κ3) is 5.40. The van der Waals surface area contributed by atoms with Crippen LogP contribution in [-0.2, 0) is 9.59 Å². The lowest BCUT2D eigenvalue weighted by Crippen LogP contribution is -2.43. The van der Waals surface area contributed by atoms with Crippen LogP contribution < -0.4 is 16.4 Å². The predicted octanol–water partition coefficient (Wildman–Crippen LogP) is 2.30. The molecule has 7 nitrogen and oxygen atoms in total. The molecule has 7 heteroatoms. The summed E-state index contributed by atoms with van der Waals surface area (Å²) in [4.78, 5) is 37.5. The zero-order valence-electron chi connectivity index (χ0n) is 16.6. The minimum atomic E-state index is -0.528. The van der Waals surface area contributed by atoms with Gasteiger partial charge in [-0.3, -0.25) is 19.3 Å². The third-order valence-corrected chi connectivity index (χ3v) is 4.75. The van der Waals surface area contributed by atoms with Crippen LogP contribution in [0.15, 0.2) is 42.5 Å². The van der Waals surface area contributed by atoms with Crippen LogP contribution in [0.4, 0.5) is 11.4 Å². The molecule has 0 fully saturated rings. The number of primary amides is 1. The highest BCUT2D eigenvalue weighted by molar-refractivity contribution is 5.97. The Hall–Kier alpha value is -3.19. The van der Waals surface area contributed by atoms with E-state index in [1.807, 2.05) is 32.0 Å². The Morgan fingerprint density at radius 1 is 1.04 bits per heavy atom. The number of amides is 3. The molecule has 0 saturated carbocycles. The van der Waals surface area contributed by atoms with Gasteiger partial charge in [-0.15, -0.1) is 0 Å². The molecule has 0 aliphatic carbocycles. The standard InChI is InChI=1S/C21H26N4O3/c1-13-6-5-7-18(14(13)2)24-19(26)12-25(4)15(3)21(28)23-17-10-8-16(9-11-17)20(22)27/h5-11,15H,12H2,1-4H3,(H2,22,27)(H,23,28)(H,24,26)/t15-/m0/s1. The molecule has 0 heterocycles. The van der Waals surface area contributed by atoms with Gasteiger partial charge in [-0.05, 0) is 69.3 Å². The van der Waals surface area contributed by atoms with Crippen LogP contribution in [0.1, 0.15) is 28.4 Å². The van der Waals surface area contributed by atoms with Gasteiger partial charge in [0, 0.05) is 16.9 Å². The minimum absolute atomic E-state index is 0.0720. The first-order valence-corrected chi connectivity index (χ1v) is 8.96. The Kier molecular flexibility index (Phi) is 6.89. The number of rotatable bonds is 7. The quantitative estimate of drug-likeness (QED) is 0.683. The number of likely N-dealkylation sites (N-methyl/N-ethyl adjacent to an activating group) is 1. The molecule has 0 bridgehead atoms. The van der Waals surface area contributed by atoms with Gasteiger partial charge < -0.3 is 16.4 Å². The molecule has 0 aromatic heterocycles. The van der Waals surface area contributed by atoms with Crippen LogP contribution in [0, 0.1) is 13.8 Å². The van der Waals surface area contributed by atoms with Crippen molar-refractivity contribution in [1.82, 2.24) is 4.90 Å². The average molecular weight is 382 g/mol. The van der Waals surface area contributed by atoms with Gasteiger partial charge in [-0.1, -0.05) is 12.1 Å². The van der Waals surface area contributed by atoms with Crippen LogP contribution in [0.25, 0.3) is 0 Å². The Labute approximate surface area is 164 Å². The van der Waals surface area contributed by atoms with E-state index in [1.165, 1.54) is 0 Å². The van der Waals surface area contributed by atoms with E-state index in [-0.39, 0.29) is 18.4 Å². The second kappa shape index (κ2) is 9.14. The number of carbonyl (C=O) groups excluding carboxylic acids is 3. The Morgan fingerprint density at radius 3 is 2.29 bits per heavy atom. The van der Waals surface area contributed by atoms with E-state index in [1.54, 1.807) is 43.1 Å². The molecule has 4 N–H and O–H groups in total. The van der Waals surface area contributed by atoms with Crippen LogP contribution >= 0.6 is 0 Å². The lowest BCUT2D eigenvalue weighted by molar-refractivity contribution is -0.122. The van der Waals surface area contributed by atoms with Crippen molar-refractivity contribution in [3.63, 3.8) is 0 Å². The van der Waals surface area contributed by atoms with E-state index in [9.17, 15) is 14.4 Å². The largest absolute Gasteiger partial charge is 0.366 e. The molecule has 0 saturated heterocycles. The summed E-state index contributed by atoms with van der Waals surface area (Å²) in [5, 5.41) is 5.65. The minimum Gasteiger partial charge on any atom is -0.366 e. The number of hydrogen-bond donors (Lipinski definition) is 3. The summed E-state index contributed by atoms with van der Waals surface area (Å²) in [5.74, 6) is -0.976. The van der Waals surface area contributed by atoms with Crippen molar-refractivity contribution in [2.24, 2.45) is 5.73 Å². The van der Waals surface area contributed by atoms with Crippen molar-refractivity contribution in [3.05, 3.63) is 59.2 Å². The summed E-state index contributed by atoms with van der Waals surface area (Å²) >= 11 is 0. The summed E-state index contributed by atoms with van der Waals surface area (Å²) in [7, 11) is 1.71. The van der Waals surface area contributed by atoms with Crippen molar-refractivity contribution in [3.8, 4) is 0 Å². The van der Waals surface area contributed by atoms with Gasteiger partial charge in [0.25, 0.3) is 0 Å². The average Bonchev–Trinajstić information content (AvgIpc) is 2.65. The van der Waals surface area contributed by atoms with Crippen LogP contribution in [0.5, 0.6) is 0 Å². The van der Waals surface area contributed by atoms with Crippen LogP contribution in [0.3, 0.4) is 0 Å². The molecule has 0 aliphatic rings. The van der Waals surface area contributed by atoms with Gasteiger partial charge >= 0.3 is 0 Å². The maximum Gasteiger partial charge on any atom is 0.248 e. The first-order chi connectivity index (χ1) is 13.2. The molecule has 2 aromatic rings. The monoisotopic (exact) mass is 382 g/mol. The fourth-order valence-electron chi connectivity index (χ4n) is 2.60. The highest BCUT2D eigenvalue weighted by Crippen LogP contribution is 2.18. The van der Waals surface area contributed by atoms with Gasteiger partial charge in [-0.25, -0.2) is 0 Å². The molecule has 2 rings (SSSR count). The molecule has 3 amide bonds. The smallest absolute Gasteiger partial charge is 0.248 e. The molecule has 2 aromatic carbocycles. The SMILES string of the molecule is Cc1cccc(NC(=O)CN(C)[C@@H](C)C(=O)Nc2ccc(C(N)=O)cc2)c1C. The van der Waals surface area contributed by atoms with E-state index in [4.69, 9.17) is 5.73 Å². The molecule has 148 valence electrons. The first kappa shape index (κ1) is 21.1. The van der Waals surface area contributed by atoms with E-state index < -0.39 is 11.9 Å². The fraction of sp³-hybridized carbons (Fsp3) is 0.286. The molecule has 28 heavy (non-hydrogen) atoms. The van der Waals surface area contributed by atoms with Gasteiger partial charge in [0.15, 0.2) is 0 Å². The molecule has 0 aliphatic heterocycles. The van der Waals surface area contributed by atoms with E-state index in [2.05, 4.69) is 10.6 Å². The Balaban J connectivity index is 1.92. The van der Waals surface area contributed by atoms with Crippen molar-refractivity contribution in [1.29, 1.82) is 0 Å². The summed E-state index contributed by atoms with van der Waals surface area (Å²) in [6, 6.07) is 11.5. The number of carbonyl (C=O) groups is 3. The molecule has 0 radical (unpaired) electrons. The van der Waals surface area contributed by atoms with Gasteiger partial charge in [0.05, 0.1) is 12.6 Å². The van der Waals surface area contributed by atoms with Gasteiger partial charge in [0.1, 0.15) is 0 Å². The summed E-state index contributed by atoms with van der Waals surface area (Å²) in [6.45, 7) is 5.73. The molecular formula is C21H26N4O3. The highest BCUT2D eigenvalue weighted by Gasteiger charge is 2.20. The highest BCUT2D eigenvalue weighted by atomic mass is 16.2. The number of aryl methyl sites for hydroxylation is 1. The number of anilines is 2. The maximum atomic E-state index is 12.4. The second-order valence-corrected chi connectivity index (χ2v) is 6.82. The number of nitrogens with zero attached hydrogens (tertiary/aromatic N) is 1. The Bertz CT molecular complexity index is 878. The zero-order valence-corrected chi connectivity index (χ0v) is 16.6. The van der Waals surface area contributed by atoms with Crippen molar-refractivity contribution in [2.45, 2.75) is 26.8 Å². The summed E-state index contributed by atoms with van der Waals surface area (Å²) in [6.07, 6.45) is 0. The molecular weight excluding hydrogens is 356 g/mol. The molecule has 0 spiro atoms. The van der Waals surface area contributed by atoms with E-state index >= 15 is 0 Å². The second-order valence-electron chi connectivity index (χ2n) is 6.82. The van der Waals surface area contributed by atoms with Gasteiger partial charge in [0.2, 0.25) is 17.7 Å². The van der Waals surface area contributed by atoms with Crippen molar-refractivity contribution in [2.75, 3.05) is 24.2 Å². The number of benzene rings is 2. The van der Waals surface area contributed by atoms with Crippen molar-refractivity contribution >= 4 is 29.1 Å². The first-order valence-electron chi connectivity index (χ1n) is 8.96. The normalized spacial score (nSPS) is 11.8. The number of nitrogens with one attached hydrogen (secondary N) is 2. The fourth-order valence-corrected chi connectivity index (χ4v) is 2.60. The summed E-state index contributed by atoms with van der Waals surface area (Å²) < 4.78 is 0. The maximum absolute atomic E-state index is 12.4. The van der Waals surface area contributed by atoms with Crippen LogP contribution in [0.2, 0.25) is 0 Å². The predicted molar refractivity (Wildman–Crippen MR) is 110 cm³/mol. The van der Waals surface area contributed by atoms with Crippen LogP contribution in [-0.4, -0.2) is 42.3 Å². The van der Waals surface area contributed by atoms with Crippen molar-refractivity contribution < 1.29 is 14.4 Å². The van der Waals surface area contributed by atoms with E-state index in [0.717, 1.165) is 16.8 Å². The number of nitrogens with two attached hydrogens (primary N) is 1. The summed E-state index contributed by atoms with van der Waals surface area (Å²) in [5.41, 5.74) is 9.00. The lowest BCUT2D eigenvalue weighted by atomic mass is 10.1. The molecule has 1 atom stereocenters. The topological polar surface area (TPSA) is 105 Å². The Morgan fingerprint density at radius 2 is 1.68 bits per heavy atom. The van der Waals surface area contributed by atoms with Gasteiger partial charge in [-0.2, -0.15) is 0 Å². The number of hydrogen-bond acceptors (Lipinski definition) is 4. The third-order valence-electron chi connectivity index (χ3n) is 4.75.